The zero-order valence-electron chi connectivity index (χ0n) is 11.7. The van der Waals surface area contributed by atoms with Crippen molar-refractivity contribution in [3.63, 3.8) is 0 Å². The van der Waals surface area contributed by atoms with E-state index in [1.54, 1.807) is 37.3 Å². The smallest absolute Gasteiger partial charge is 0.338 e. The number of hydrogen-bond donors (Lipinski definition) is 1. The predicted molar refractivity (Wildman–Crippen MR) is 87.6 cm³/mol. The molecular formula is C16H13BrO4S. The van der Waals surface area contributed by atoms with E-state index in [1.807, 2.05) is 12.1 Å². The second-order valence-corrected chi connectivity index (χ2v) is 6.27. The van der Waals surface area contributed by atoms with E-state index in [2.05, 4.69) is 15.9 Å². The third-order valence-electron chi connectivity index (χ3n) is 2.77. The van der Waals surface area contributed by atoms with Crippen molar-refractivity contribution in [3.05, 3.63) is 58.1 Å². The lowest BCUT2D eigenvalue weighted by Crippen LogP contribution is -2.03. The molecule has 22 heavy (non-hydrogen) atoms. The lowest BCUT2D eigenvalue weighted by molar-refractivity contribution is 0.0525. The monoisotopic (exact) mass is 380 g/mol. The number of hydrogen-bond acceptors (Lipinski definition) is 4. The molecule has 0 spiro atoms. The molecule has 0 unspecified atom stereocenters. The summed E-state index contributed by atoms with van der Waals surface area (Å²) in [5.74, 6) is -1.30. The van der Waals surface area contributed by atoms with Crippen LogP contribution in [0.5, 0.6) is 0 Å². The lowest BCUT2D eigenvalue weighted by atomic mass is 10.2. The van der Waals surface area contributed by atoms with Crippen LogP contribution in [0, 0.1) is 0 Å². The summed E-state index contributed by atoms with van der Waals surface area (Å²) in [5, 5.41) is 8.94. The fourth-order valence-electron chi connectivity index (χ4n) is 1.72. The highest BCUT2D eigenvalue weighted by molar-refractivity contribution is 9.10. The average Bonchev–Trinajstić information content (AvgIpc) is 2.50. The Balaban J connectivity index is 2.14. The Morgan fingerprint density at radius 1 is 1.14 bits per heavy atom. The number of carbonyl (C=O) groups excluding carboxylic acids is 1. The van der Waals surface area contributed by atoms with Gasteiger partial charge in [0.05, 0.1) is 17.7 Å². The molecule has 0 atom stereocenters. The van der Waals surface area contributed by atoms with E-state index >= 15 is 0 Å². The SMILES string of the molecule is CCOC(=O)c1ccc(Sc2ccc(C(=O)O)cc2Br)cc1. The molecule has 0 saturated heterocycles. The van der Waals surface area contributed by atoms with Gasteiger partial charge in [0.25, 0.3) is 0 Å². The molecule has 0 aliphatic heterocycles. The number of rotatable bonds is 5. The minimum Gasteiger partial charge on any atom is -0.478 e. The Morgan fingerprint density at radius 3 is 2.32 bits per heavy atom. The van der Waals surface area contributed by atoms with Crippen molar-refractivity contribution in [1.82, 2.24) is 0 Å². The van der Waals surface area contributed by atoms with Crippen molar-refractivity contribution in [2.24, 2.45) is 0 Å². The van der Waals surface area contributed by atoms with Gasteiger partial charge < -0.3 is 9.84 Å². The highest BCUT2D eigenvalue weighted by atomic mass is 79.9. The average molecular weight is 381 g/mol. The molecule has 2 rings (SSSR count). The first kappa shape index (κ1) is 16.6. The summed E-state index contributed by atoms with van der Waals surface area (Å²) in [6.45, 7) is 2.11. The number of ether oxygens (including phenoxy) is 1. The summed E-state index contributed by atoms with van der Waals surface area (Å²) < 4.78 is 5.65. The van der Waals surface area contributed by atoms with Crippen LogP contribution < -0.4 is 0 Å². The highest BCUT2D eigenvalue weighted by Gasteiger charge is 2.09. The number of esters is 1. The summed E-state index contributed by atoms with van der Waals surface area (Å²) in [7, 11) is 0. The first-order chi connectivity index (χ1) is 10.5. The lowest BCUT2D eigenvalue weighted by Gasteiger charge is -2.06. The molecular weight excluding hydrogens is 368 g/mol. The van der Waals surface area contributed by atoms with Gasteiger partial charge in [0.1, 0.15) is 0 Å². The predicted octanol–water partition coefficient (Wildman–Crippen LogP) is 4.48. The Bertz CT molecular complexity index is 698. The topological polar surface area (TPSA) is 63.6 Å². The van der Waals surface area contributed by atoms with E-state index < -0.39 is 5.97 Å². The van der Waals surface area contributed by atoms with Gasteiger partial charge >= 0.3 is 11.9 Å². The maximum atomic E-state index is 11.6. The van der Waals surface area contributed by atoms with Crippen molar-refractivity contribution in [1.29, 1.82) is 0 Å². The zero-order chi connectivity index (χ0) is 16.1. The number of benzene rings is 2. The summed E-state index contributed by atoms with van der Waals surface area (Å²) in [4.78, 5) is 24.3. The van der Waals surface area contributed by atoms with Crippen molar-refractivity contribution in [2.45, 2.75) is 16.7 Å². The standard InChI is InChI=1S/C16H13BrO4S/c1-2-21-16(20)10-3-6-12(7-4-10)22-14-8-5-11(15(18)19)9-13(14)17/h3-9H,2H2,1H3,(H,18,19). The van der Waals surface area contributed by atoms with Crippen LogP contribution in [0.2, 0.25) is 0 Å². The van der Waals surface area contributed by atoms with Gasteiger partial charge in [-0.05, 0) is 65.3 Å². The third-order valence-corrected chi connectivity index (χ3v) is 4.77. The molecule has 0 fully saturated rings. The second-order valence-electron chi connectivity index (χ2n) is 4.30. The molecule has 1 N–H and O–H groups in total. The van der Waals surface area contributed by atoms with Crippen LogP contribution in [0.3, 0.4) is 0 Å². The Hall–Kier alpha value is -1.79. The Morgan fingerprint density at radius 2 is 1.77 bits per heavy atom. The first-order valence-electron chi connectivity index (χ1n) is 6.49. The van der Waals surface area contributed by atoms with Crippen molar-refractivity contribution in [3.8, 4) is 0 Å². The van der Waals surface area contributed by atoms with E-state index in [4.69, 9.17) is 9.84 Å². The maximum absolute atomic E-state index is 11.6. The highest BCUT2D eigenvalue weighted by Crippen LogP contribution is 2.34. The molecule has 0 aromatic heterocycles. The van der Waals surface area contributed by atoms with Gasteiger partial charge in [0.2, 0.25) is 0 Å². The first-order valence-corrected chi connectivity index (χ1v) is 8.10. The van der Waals surface area contributed by atoms with Crippen LogP contribution in [-0.2, 0) is 4.74 Å². The molecule has 0 heterocycles. The van der Waals surface area contributed by atoms with Crippen LogP contribution in [0.1, 0.15) is 27.6 Å². The van der Waals surface area contributed by atoms with E-state index in [0.717, 1.165) is 9.79 Å². The summed E-state index contributed by atoms with van der Waals surface area (Å²) in [6, 6.07) is 11.9. The van der Waals surface area contributed by atoms with Crippen LogP contribution in [0.25, 0.3) is 0 Å². The summed E-state index contributed by atoms with van der Waals surface area (Å²) in [6.07, 6.45) is 0. The minimum atomic E-state index is -0.962. The Kier molecular flexibility index (Phi) is 5.63. The molecule has 2 aromatic carbocycles. The molecule has 0 aliphatic rings. The van der Waals surface area contributed by atoms with Crippen LogP contribution in [-0.4, -0.2) is 23.7 Å². The van der Waals surface area contributed by atoms with Crippen LogP contribution >= 0.6 is 27.7 Å². The molecule has 6 heteroatoms. The van der Waals surface area contributed by atoms with E-state index in [1.165, 1.54) is 11.8 Å². The molecule has 4 nitrogen and oxygen atoms in total. The van der Waals surface area contributed by atoms with E-state index in [9.17, 15) is 9.59 Å². The van der Waals surface area contributed by atoms with E-state index in [0.29, 0.717) is 16.6 Å². The Labute approximate surface area is 140 Å². The third kappa shape index (κ3) is 4.11. The normalized spacial score (nSPS) is 10.3. The van der Waals surface area contributed by atoms with Gasteiger partial charge in [-0.2, -0.15) is 0 Å². The molecule has 0 saturated carbocycles. The van der Waals surface area contributed by atoms with E-state index in [-0.39, 0.29) is 11.5 Å². The fraction of sp³-hybridized carbons (Fsp3) is 0.125. The van der Waals surface area contributed by atoms with Crippen LogP contribution in [0.15, 0.2) is 56.7 Å². The molecule has 0 bridgehead atoms. The van der Waals surface area contributed by atoms with Gasteiger partial charge in [-0.15, -0.1) is 0 Å². The minimum absolute atomic E-state index is 0.230. The maximum Gasteiger partial charge on any atom is 0.338 e. The number of halogens is 1. The van der Waals surface area contributed by atoms with Gasteiger partial charge in [-0.1, -0.05) is 11.8 Å². The molecule has 0 amide bonds. The number of carboxylic acid groups (broad SMARTS) is 1. The van der Waals surface area contributed by atoms with Gasteiger partial charge in [-0.25, -0.2) is 9.59 Å². The fourth-order valence-corrected chi connectivity index (χ4v) is 3.16. The van der Waals surface area contributed by atoms with Gasteiger partial charge in [0, 0.05) is 14.3 Å². The van der Waals surface area contributed by atoms with Crippen molar-refractivity contribution < 1.29 is 19.4 Å². The summed E-state index contributed by atoms with van der Waals surface area (Å²) >= 11 is 4.85. The van der Waals surface area contributed by atoms with Crippen molar-refractivity contribution in [2.75, 3.05) is 6.61 Å². The molecule has 0 aliphatic carbocycles. The molecule has 114 valence electrons. The number of carboxylic acids is 1. The van der Waals surface area contributed by atoms with Crippen molar-refractivity contribution >= 4 is 39.6 Å². The van der Waals surface area contributed by atoms with Gasteiger partial charge in [0.15, 0.2) is 0 Å². The molecule has 2 aromatic rings. The largest absolute Gasteiger partial charge is 0.478 e. The number of carbonyl (C=O) groups is 2. The van der Waals surface area contributed by atoms with Gasteiger partial charge in [-0.3, -0.25) is 0 Å². The van der Waals surface area contributed by atoms with Crippen LogP contribution in [0.4, 0.5) is 0 Å². The summed E-state index contributed by atoms with van der Waals surface area (Å²) in [5.41, 5.74) is 0.736. The number of aromatic carboxylic acids is 1. The quantitative estimate of drug-likeness (QED) is 0.774. The zero-order valence-corrected chi connectivity index (χ0v) is 14.1. The molecule has 0 radical (unpaired) electrons. The second kappa shape index (κ2) is 7.47.